The van der Waals surface area contributed by atoms with Crippen LogP contribution < -0.4 is 10.6 Å². The average Bonchev–Trinajstić information content (AvgIpc) is 3.21. The first-order chi connectivity index (χ1) is 14.9. The van der Waals surface area contributed by atoms with E-state index < -0.39 is 6.03 Å². The summed E-state index contributed by atoms with van der Waals surface area (Å²) in [6.07, 6.45) is 1.65. The van der Waals surface area contributed by atoms with Gasteiger partial charge in [-0.3, -0.25) is 0 Å². The molecule has 0 atom stereocenters. The van der Waals surface area contributed by atoms with E-state index in [1.165, 1.54) is 11.6 Å². The minimum absolute atomic E-state index is 0.367. The van der Waals surface area contributed by atoms with Crippen molar-refractivity contribution >= 4 is 17.4 Å². The lowest BCUT2D eigenvalue weighted by Crippen LogP contribution is -2.19. The number of aryl methyl sites for hydroxylation is 3. The first-order valence-corrected chi connectivity index (χ1v) is 9.87. The van der Waals surface area contributed by atoms with Crippen LogP contribution in [0.5, 0.6) is 0 Å². The monoisotopic (exact) mass is 415 g/mol. The molecule has 4 rings (SSSR count). The molecule has 156 valence electrons. The number of hydrogen-bond donors (Lipinski definition) is 2. The fraction of sp³-hybridized carbons (Fsp3) is 0.120. The summed E-state index contributed by atoms with van der Waals surface area (Å²) in [6.45, 7) is 5.77. The quantitative estimate of drug-likeness (QED) is 0.389. The van der Waals surface area contributed by atoms with Crippen molar-refractivity contribution in [1.82, 2.24) is 4.98 Å². The third-order valence-electron chi connectivity index (χ3n) is 4.98. The highest BCUT2D eigenvalue weighted by molar-refractivity contribution is 5.99. The lowest BCUT2D eigenvalue weighted by Gasteiger charge is -2.08. The van der Waals surface area contributed by atoms with Crippen molar-refractivity contribution in [3.63, 3.8) is 0 Å². The van der Waals surface area contributed by atoms with Gasteiger partial charge in [0.15, 0.2) is 0 Å². The number of urea groups is 1. The van der Waals surface area contributed by atoms with Crippen LogP contribution in [-0.4, -0.2) is 11.0 Å². The van der Waals surface area contributed by atoms with Crippen LogP contribution in [0.25, 0.3) is 22.7 Å². The number of hydrogen-bond acceptors (Lipinski definition) is 3. The summed E-state index contributed by atoms with van der Waals surface area (Å²) >= 11 is 0. The highest BCUT2D eigenvalue weighted by Gasteiger charge is 2.11. The van der Waals surface area contributed by atoms with Crippen LogP contribution >= 0.6 is 0 Å². The summed E-state index contributed by atoms with van der Waals surface area (Å²) in [5, 5.41) is 5.34. The zero-order valence-corrected chi connectivity index (χ0v) is 17.5. The second-order valence-electron chi connectivity index (χ2n) is 7.48. The lowest BCUT2D eigenvalue weighted by molar-refractivity contribution is 0.262. The highest BCUT2D eigenvalue weighted by Crippen LogP contribution is 2.28. The molecular weight excluding hydrogens is 393 g/mol. The third kappa shape index (κ3) is 4.64. The Hall–Kier alpha value is -3.93. The fourth-order valence-electron chi connectivity index (χ4n) is 3.29. The number of benzene rings is 3. The average molecular weight is 415 g/mol. The summed E-state index contributed by atoms with van der Waals surface area (Å²) in [7, 11) is 0. The van der Waals surface area contributed by atoms with Gasteiger partial charge in [-0.05, 0) is 68.3 Å². The number of anilines is 2. The van der Waals surface area contributed by atoms with Gasteiger partial charge >= 0.3 is 6.03 Å². The fourth-order valence-corrected chi connectivity index (χ4v) is 3.29. The van der Waals surface area contributed by atoms with Gasteiger partial charge in [-0.25, -0.2) is 14.2 Å². The maximum absolute atomic E-state index is 13.6. The maximum Gasteiger partial charge on any atom is 0.323 e. The van der Waals surface area contributed by atoms with Crippen molar-refractivity contribution in [3.05, 3.63) is 89.4 Å². The molecule has 2 amide bonds. The first-order valence-electron chi connectivity index (χ1n) is 9.87. The van der Waals surface area contributed by atoms with Crippen molar-refractivity contribution in [2.24, 2.45) is 0 Å². The van der Waals surface area contributed by atoms with Gasteiger partial charge in [-0.2, -0.15) is 0 Å². The van der Waals surface area contributed by atoms with Crippen LogP contribution in [-0.2, 0) is 0 Å². The van der Waals surface area contributed by atoms with E-state index in [9.17, 15) is 9.18 Å². The molecular formula is C25H22FN3O2. The summed E-state index contributed by atoms with van der Waals surface area (Å²) < 4.78 is 19.3. The predicted molar refractivity (Wildman–Crippen MR) is 121 cm³/mol. The molecule has 31 heavy (non-hydrogen) atoms. The van der Waals surface area contributed by atoms with E-state index in [2.05, 4.69) is 28.6 Å². The molecule has 5 nitrogen and oxygen atoms in total. The Labute approximate surface area is 180 Å². The summed E-state index contributed by atoms with van der Waals surface area (Å²) in [6, 6.07) is 17.4. The molecule has 0 bridgehead atoms. The summed E-state index contributed by atoms with van der Waals surface area (Å²) in [5.41, 5.74) is 6.44. The molecule has 0 radical (unpaired) electrons. The molecule has 0 saturated heterocycles. The number of halogens is 1. The van der Waals surface area contributed by atoms with E-state index in [1.807, 2.05) is 31.2 Å². The van der Waals surface area contributed by atoms with Crippen LogP contribution in [0.3, 0.4) is 0 Å². The lowest BCUT2D eigenvalue weighted by atomic mass is 10.0. The van der Waals surface area contributed by atoms with Gasteiger partial charge in [0.25, 0.3) is 0 Å². The minimum Gasteiger partial charge on any atom is -0.444 e. The molecule has 4 aromatic rings. The number of carbonyl (C=O) groups is 1. The Balaban J connectivity index is 1.44. The highest BCUT2D eigenvalue weighted by atomic mass is 19.1. The normalized spacial score (nSPS) is 10.7. The van der Waals surface area contributed by atoms with E-state index >= 15 is 0 Å². The van der Waals surface area contributed by atoms with Gasteiger partial charge in [-0.1, -0.05) is 29.8 Å². The van der Waals surface area contributed by atoms with Crippen molar-refractivity contribution in [3.8, 4) is 22.7 Å². The number of rotatable bonds is 4. The molecule has 2 N–H and O–H groups in total. The van der Waals surface area contributed by atoms with Gasteiger partial charge in [-0.15, -0.1) is 0 Å². The Kier molecular flexibility index (Phi) is 5.54. The summed E-state index contributed by atoms with van der Waals surface area (Å²) in [5.74, 6) is 0.134. The molecule has 0 aliphatic heterocycles. The first kappa shape index (κ1) is 20.3. The molecule has 6 heteroatoms. The van der Waals surface area contributed by atoms with E-state index in [0.717, 1.165) is 22.4 Å². The zero-order chi connectivity index (χ0) is 22.0. The number of aromatic nitrogens is 1. The van der Waals surface area contributed by atoms with Crippen molar-refractivity contribution < 1.29 is 13.6 Å². The zero-order valence-electron chi connectivity index (χ0n) is 17.5. The van der Waals surface area contributed by atoms with Gasteiger partial charge in [0.2, 0.25) is 5.89 Å². The van der Waals surface area contributed by atoms with Crippen LogP contribution in [0.15, 0.2) is 71.3 Å². The van der Waals surface area contributed by atoms with Crippen molar-refractivity contribution in [2.45, 2.75) is 20.8 Å². The largest absolute Gasteiger partial charge is 0.444 e. The van der Waals surface area contributed by atoms with E-state index in [0.29, 0.717) is 22.8 Å². The molecule has 0 saturated carbocycles. The van der Waals surface area contributed by atoms with E-state index in [1.54, 1.807) is 37.5 Å². The Morgan fingerprint density at radius 2 is 1.58 bits per heavy atom. The Morgan fingerprint density at radius 3 is 2.29 bits per heavy atom. The number of carbonyl (C=O) groups excluding carboxylic acids is 1. The van der Waals surface area contributed by atoms with Gasteiger partial charge in [0, 0.05) is 22.5 Å². The minimum atomic E-state index is -0.454. The third-order valence-corrected chi connectivity index (χ3v) is 4.98. The number of nitrogens with zero attached hydrogens (tertiary/aromatic N) is 1. The SMILES string of the molecule is Cc1ccc(-c2coc(-c3ccc(NC(=O)Nc4ccc(C)c(F)c4)cc3)n2)c(C)c1. The molecule has 0 unspecified atom stereocenters. The smallest absolute Gasteiger partial charge is 0.323 e. The van der Waals surface area contributed by atoms with Crippen LogP contribution in [0.2, 0.25) is 0 Å². The second-order valence-corrected chi connectivity index (χ2v) is 7.48. The molecule has 0 aliphatic rings. The van der Waals surface area contributed by atoms with Gasteiger partial charge in [0.05, 0.1) is 0 Å². The number of nitrogens with one attached hydrogen (secondary N) is 2. The molecule has 1 aromatic heterocycles. The Morgan fingerprint density at radius 1 is 0.871 bits per heavy atom. The second kappa shape index (κ2) is 8.44. The van der Waals surface area contributed by atoms with Crippen molar-refractivity contribution in [1.29, 1.82) is 0 Å². The van der Waals surface area contributed by atoms with Crippen LogP contribution in [0.1, 0.15) is 16.7 Å². The molecule has 0 fully saturated rings. The Bertz CT molecular complexity index is 1250. The molecule has 0 spiro atoms. The maximum atomic E-state index is 13.6. The van der Waals surface area contributed by atoms with Crippen molar-refractivity contribution in [2.75, 3.05) is 10.6 Å². The number of amides is 2. The van der Waals surface area contributed by atoms with Gasteiger partial charge in [0.1, 0.15) is 17.8 Å². The van der Waals surface area contributed by atoms with Crippen LogP contribution in [0, 0.1) is 26.6 Å². The van der Waals surface area contributed by atoms with Gasteiger partial charge < -0.3 is 15.1 Å². The number of oxazole rings is 1. The van der Waals surface area contributed by atoms with Crippen LogP contribution in [0.4, 0.5) is 20.6 Å². The molecule has 0 aliphatic carbocycles. The summed E-state index contributed by atoms with van der Waals surface area (Å²) in [4.78, 5) is 16.8. The predicted octanol–water partition coefficient (Wildman–Crippen LogP) is 6.72. The van der Waals surface area contributed by atoms with E-state index in [4.69, 9.17) is 4.42 Å². The molecule has 3 aromatic carbocycles. The molecule has 1 heterocycles. The topological polar surface area (TPSA) is 67.2 Å². The standard InChI is InChI=1S/C25H22FN3O2/c1-15-4-11-21(17(3)12-15)23-14-31-24(29-23)18-6-9-19(10-7-18)27-25(30)28-20-8-5-16(2)22(26)13-20/h4-14H,1-3H3,(H2,27,28,30). The van der Waals surface area contributed by atoms with E-state index in [-0.39, 0.29) is 5.82 Å².